The largest absolute Gasteiger partial charge is 0.469 e. The monoisotopic (exact) mass is 491 g/mol. The molecule has 176 valence electrons. The topological polar surface area (TPSA) is 104 Å². The molecule has 1 atom stereocenters. The average molecular weight is 491 g/mol. The van der Waals surface area contributed by atoms with E-state index in [1.165, 1.54) is 24.9 Å². The first-order valence-corrected chi connectivity index (χ1v) is 10.8. The zero-order valence-electron chi connectivity index (χ0n) is 17.5. The van der Waals surface area contributed by atoms with Gasteiger partial charge in [-0.25, -0.2) is 4.98 Å². The first-order chi connectivity index (χ1) is 16.1. The summed E-state index contributed by atoms with van der Waals surface area (Å²) in [6.07, 6.45) is -4.52. The summed E-state index contributed by atoms with van der Waals surface area (Å²) in [4.78, 5) is 30.9. The Hall–Kier alpha value is -3.67. The normalized spacial score (nSPS) is 15.8. The van der Waals surface area contributed by atoms with Crippen LogP contribution in [0.25, 0.3) is 10.9 Å². The van der Waals surface area contributed by atoms with Crippen molar-refractivity contribution >= 4 is 39.4 Å². The van der Waals surface area contributed by atoms with Gasteiger partial charge in [-0.3, -0.25) is 19.9 Å². The Morgan fingerprint density at radius 3 is 2.71 bits per heavy atom. The Bertz CT molecular complexity index is 1310. The number of fused-ring (bicyclic) bond motifs is 1. The highest BCUT2D eigenvalue weighted by Gasteiger charge is 2.33. The number of esters is 1. The summed E-state index contributed by atoms with van der Waals surface area (Å²) in [5.41, 5.74) is -0.687. The van der Waals surface area contributed by atoms with Crippen LogP contribution in [0, 0.1) is 10.1 Å². The van der Waals surface area contributed by atoms with E-state index in [-0.39, 0.29) is 29.9 Å². The summed E-state index contributed by atoms with van der Waals surface area (Å²) in [6.45, 7) is 0. The lowest BCUT2D eigenvalue weighted by molar-refractivity contribution is -0.385. The standard InChI is InChI=1S/C22H16F3N3O5S/c1-32-20(29)10-14-11-34-21(26-14)17-5-2-12-8-15(4-6-16(12)27-17)33-19-7-3-13(22(23,24)25)9-18(19)28(30)31/h2-9,14H,10-11H2,1H3/t14-/m0/s1. The summed E-state index contributed by atoms with van der Waals surface area (Å²) >= 11 is 1.49. The van der Waals surface area contributed by atoms with E-state index in [0.29, 0.717) is 33.5 Å². The molecule has 2 heterocycles. The number of hydrogen-bond donors (Lipinski definition) is 0. The molecule has 0 bridgehead atoms. The number of aromatic nitrogens is 1. The molecule has 8 nitrogen and oxygen atoms in total. The van der Waals surface area contributed by atoms with Crippen molar-refractivity contribution < 1.29 is 32.4 Å². The van der Waals surface area contributed by atoms with Crippen LogP contribution in [0.15, 0.2) is 53.5 Å². The second-order valence-electron chi connectivity index (χ2n) is 7.27. The second-order valence-corrected chi connectivity index (χ2v) is 8.28. The molecule has 0 fully saturated rings. The van der Waals surface area contributed by atoms with Crippen LogP contribution < -0.4 is 4.74 Å². The predicted octanol–water partition coefficient (Wildman–Crippen LogP) is 5.38. The molecule has 0 radical (unpaired) electrons. The summed E-state index contributed by atoms with van der Waals surface area (Å²) in [7, 11) is 1.33. The van der Waals surface area contributed by atoms with Crippen LogP contribution in [0.4, 0.5) is 18.9 Å². The molecule has 34 heavy (non-hydrogen) atoms. The van der Waals surface area contributed by atoms with E-state index in [2.05, 4.69) is 14.7 Å². The van der Waals surface area contributed by atoms with Gasteiger partial charge in [0.2, 0.25) is 5.75 Å². The minimum absolute atomic E-state index is 0.180. The van der Waals surface area contributed by atoms with Crippen LogP contribution in [0.1, 0.15) is 17.7 Å². The molecule has 0 aliphatic carbocycles. The minimum atomic E-state index is -4.71. The molecule has 12 heteroatoms. The lowest BCUT2D eigenvalue weighted by Gasteiger charge is -2.10. The molecule has 1 aliphatic rings. The van der Waals surface area contributed by atoms with E-state index in [9.17, 15) is 28.1 Å². The zero-order chi connectivity index (χ0) is 24.5. The van der Waals surface area contributed by atoms with Gasteiger partial charge in [-0.1, -0.05) is 6.07 Å². The van der Waals surface area contributed by atoms with Crippen LogP contribution in [-0.2, 0) is 15.7 Å². The van der Waals surface area contributed by atoms with E-state index in [1.54, 1.807) is 24.3 Å². The summed E-state index contributed by atoms with van der Waals surface area (Å²) < 4.78 is 48.9. The molecule has 0 spiro atoms. The molecule has 0 saturated heterocycles. The molecule has 3 aromatic rings. The highest BCUT2D eigenvalue weighted by molar-refractivity contribution is 8.14. The molecular weight excluding hydrogens is 475 g/mol. The maximum Gasteiger partial charge on any atom is 0.416 e. The van der Waals surface area contributed by atoms with Gasteiger partial charge in [0.25, 0.3) is 0 Å². The number of ether oxygens (including phenoxy) is 2. The number of pyridine rings is 1. The van der Waals surface area contributed by atoms with Crippen LogP contribution in [-0.4, -0.2) is 39.8 Å². The maximum atomic E-state index is 12.9. The Kier molecular flexibility index (Phi) is 6.42. The molecule has 0 amide bonds. The molecule has 1 aromatic heterocycles. The average Bonchev–Trinajstić information content (AvgIpc) is 3.26. The number of carbonyl (C=O) groups is 1. The molecule has 0 unspecified atom stereocenters. The Morgan fingerprint density at radius 1 is 1.21 bits per heavy atom. The van der Waals surface area contributed by atoms with Gasteiger partial charge in [-0.05, 0) is 36.4 Å². The zero-order valence-corrected chi connectivity index (χ0v) is 18.4. The third-order valence-corrected chi connectivity index (χ3v) is 6.07. The van der Waals surface area contributed by atoms with Crippen molar-refractivity contribution in [3.8, 4) is 11.5 Å². The number of alkyl halides is 3. The number of benzene rings is 2. The maximum absolute atomic E-state index is 12.9. The number of nitro groups is 1. The molecule has 4 rings (SSSR count). The molecule has 0 N–H and O–H groups in total. The van der Waals surface area contributed by atoms with Crippen LogP contribution in [0.3, 0.4) is 0 Å². The highest BCUT2D eigenvalue weighted by atomic mass is 32.2. The fourth-order valence-electron chi connectivity index (χ4n) is 3.27. The molecule has 1 aliphatic heterocycles. The lowest BCUT2D eigenvalue weighted by Crippen LogP contribution is -2.12. The SMILES string of the molecule is COC(=O)C[C@H]1CSC(c2ccc3cc(Oc4ccc(C(F)(F)F)cc4[N+](=O)[O-])ccc3n2)=N1. The lowest BCUT2D eigenvalue weighted by atomic mass is 10.1. The number of nitro benzene ring substituents is 1. The van der Waals surface area contributed by atoms with Gasteiger partial charge < -0.3 is 9.47 Å². The predicted molar refractivity (Wildman–Crippen MR) is 119 cm³/mol. The minimum Gasteiger partial charge on any atom is -0.469 e. The number of thioether (sulfide) groups is 1. The van der Waals surface area contributed by atoms with Gasteiger partial charge in [-0.15, -0.1) is 11.8 Å². The van der Waals surface area contributed by atoms with Crippen molar-refractivity contribution in [3.05, 3.63) is 69.9 Å². The van der Waals surface area contributed by atoms with E-state index >= 15 is 0 Å². The van der Waals surface area contributed by atoms with Gasteiger partial charge in [0, 0.05) is 17.2 Å². The Balaban J connectivity index is 1.57. The van der Waals surface area contributed by atoms with Gasteiger partial charge in [0.05, 0.1) is 41.3 Å². The smallest absolute Gasteiger partial charge is 0.416 e. The number of nitrogens with zero attached hydrogens (tertiary/aromatic N) is 3. The summed E-state index contributed by atoms with van der Waals surface area (Å²) in [6, 6.07) is 10.2. The quantitative estimate of drug-likeness (QED) is 0.259. The number of rotatable bonds is 6. The summed E-state index contributed by atoms with van der Waals surface area (Å²) in [5.74, 6) is 0.205. The van der Waals surface area contributed by atoms with Gasteiger partial charge in [0.1, 0.15) is 10.8 Å². The van der Waals surface area contributed by atoms with Gasteiger partial charge in [0.15, 0.2) is 0 Å². The number of halogens is 3. The number of hydrogen-bond acceptors (Lipinski definition) is 8. The first kappa shape index (κ1) is 23.5. The third kappa shape index (κ3) is 5.11. The fraction of sp³-hybridized carbons (Fsp3) is 0.227. The third-order valence-electron chi connectivity index (χ3n) is 4.93. The van der Waals surface area contributed by atoms with Crippen molar-refractivity contribution in [2.45, 2.75) is 18.6 Å². The van der Waals surface area contributed by atoms with Gasteiger partial charge >= 0.3 is 17.8 Å². The molecule has 2 aromatic carbocycles. The van der Waals surface area contributed by atoms with Crippen LogP contribution >= 0.6 is 11.8 Å². The van der Waals surface area contributed by atoms with E-state index in [1.807, 2.05) is 0 Å². The number of aliphatic imine (C=N–C) groups is 1. The van der Waals surface area contributed by atoms with Crippen LogP contribution in [0.2, 0.25) is 0 Å². The molecule has 0 saturated carbocycles. The van der Waals surface area contributed by atoms with Gasteiger partial charge in [-0.2, -0.15) is 13.2 Å². The second kappa shape index (κ2) is 9.29. The fourth-order valence-corrected chi connectivity index (χ4v) is 4.30. The summed E-state index contributed by atoms with van der Waals surface area (Å²) in [5, 5.41) is 12.6. The Labute approximate surface area is 194 Å². The van der Waals surface area contributed by atoms with Crippen molar-refractivity contribution in [1.29, 1.82) is 0 Å². The van der Waals surface area contributed by atoms with E-state index in [0.717, 1.165) is 12.1 Å². The van der Waals surface area contributed by atoms with E-state index < -0.39 is 22.4 Å². The van der Waals surface area contributed by atoms with Crippen molar-refractivity contribution in [2.75, 3.05) is 12.9 Å². The van der Waals surface area contributed by atoms with E-state index in [4.69, 9.17) is 4.74 Å². The van der Waals surface area contributed by atoms with Crippen molar-refractivity contribution in [1.82, 2.24) is 4.98 Å². The van der Waals surface area contributed by atoms with Crippen LogP contribution in [0.5, 0.6) is 11.5 Å². The molecular formula is C22H16F3N3O5S. The first-order valence-electron chi connectivity index (χ1n) is 9.86. The Morgan fingerprint density at radius 2 is 2.00 bits per heavy atom. The van der Waals surface area contributed by atoms with Crippen molar-refractivity contribution in [3.63, 3.8) is 0 Å². The number of methoxy groups -OCH3 is 1. The van der Waals surface area contributed by atoms with Crippen molar-refractivity contribution in [2.24, 2.45) is 4.99 Å². The highest BCUT2D eigenvalue weighted by Crippen LogP contribution is 2.38. The number of carbonyl (C=O) groups excluding carboxylic acids is 1.